The van der Waals surface area contributed by atoms with Crippen LogP contribution in [0.1, 0.15) is 15.9 Å². The number of anilines is 1. The van der Waals surface area contributed by atoms with E-state index in [1.54, 1.807) is 18.2 Å². The van der Waals surface area contributed by atoms with Gasteiger partial charge in [0.2, 0.25) is 0 Å². The zero-order valence-corrected chi connectivity index (χ0v) is 14.5. The van der Waals surface area contributed by atoms with Crippen LogP contribution in [0.2, 0.25) is 0 Å². The number of amides is 1. The largest absolute Gasteiger partial charge is 0.514 e. The molecule has 1 aliphatic heterocycles. The first-order chi connectivity index (χ1) is 13.6. The van der Waals surface area contributed by atoms with Crippen LogP contribution < -0.4 is 14.8 Å². The highest BCUT2D eigenvalue weighted by Crippen LogP contribution is 2.40. The Labute approximate surface area is 160 Å². The first-order valence-electron chi connectivity index (χ1n) is 8.44. The molecule has 0 fully saturated rings. The average molecular weight is 377 g/mol. The number of benzene rings is 3. The number of aromatic hydroxyl groups is 1. The molecule has 3 aromatic carbocycles. The van der Waals surface area contributed by atoms with Crippen LogP contribution in [0.3, 0.4) is 0 Å². The molecule has 7 heteroatoms. The minimum Gasteiger partial charge on any atom is -0.507 e. The van der Waals surface area contributed by atoms with Crippen molar-refractivity contribution in [3.63, 3.8) is 0 Å². The number of phenols is 1. The fraction of sp³-hybridized carbons (Fsp3) is 0.0476. The molecule has 0 atom stereocenters. The second-order valence-electron chi connectivity index (χ2n) is 5.99. The van der Waals surface area contributed by atoms with Gasteiger partial charge >= 0.3 is 6.16 Å². The number of carbonyl (C=O) groups excluding carboxylic acids is 2. The van der Waals surface area contributed by atoms with E-state index in [1.807, 2.05) is 30.3 Å². The van der Waals surface area contributed by atoms with Crippen molar-refractivity contribution in [2.45, 2.75) is 6.61 Å². The van der Waals surface area contributed by atoms with Crippen LogP contribution in [0.4, 0.5) is 10.5 Å². The number of phenolic OH excluding ortho intramolecular Hbond substituents is 1. The molecule has 28 heavy (non-hydrogen) atoms. The molecular formula is C21H15NO6. The maximum absolute atomic E-state index is 12.4. The van der Waals surface area contributed by atoms with Crippen molar-refractivity contribution in [1.29, 1.82) is 0 Å². The third-order valence-electron chi connectivity index (χ3n) is 4.05. The van der Waals surface area contributed by atoms with Crippen LogP contribution in [-0.2, 0) is 11.3 Å². The van der Waals surface area contributed by atoms with E-state index >= 15 is 0 Å². The van der Waals surface area contributed by atoms with Crippen LogP contribution in [0.15, 0.2) is 66.7 Å². The van der Waals surface area contributed by atoms with Crippen molar-refractivity contribution >= 4 is 17.7 Å². The van der Waals surface area contributed by atoms with Crippen LogP contribution in [0, 0.1) is 0 Å². The van der Waals surface area contributed by atoms with Gasteiger partial charge in [-0.15, -0.1) is 0 Å². The number of nitrogens with one attached hydrogen (secondary N) is 1. The van der Waals surface area contributed by atoms with Crippen LogP contribution >= 0.6 is 0 Å². The van der Waals surface area contributed by atoms with E-state index in [-0.39, 0.29) is 29.4 Å². The minimum atomic E-state index is -0.870. The predicted octanol–water partition coefficient (Wildman–Crippen LogP) is 4.47. The van der Waals surface area contributed by atoms with E-state index in [1.165, 1.54) is 18.2 Å². The molecule has 0 aromatic heterocycles. The van der Waals surface area contributed by atoms with Gasteiger partial charge in [0.25, 0.3) is 5.91 Å². The van der Waals surface area contributed by atoms with Gasteiger partial charge < -0.3 is 24.6 Å². The number of hydrogen-bond donors (Lipinski definition) is 2. The zero-order chi connectivity index (χ0) is 19.5. The molecule has 4 rings (SSSR count). The number of rotatable bonds is 3. The Kier molecular flexibility index (Phi) is 4.55. The summed E-state index contributed by atoms with van der Waals surface area (Å²) in [5.74, 6) is 0.0326. The van der Waals surface area contributed by atoms with Crippen LogP contribution in [0.5, 0.6) is 23.0 Å². The Morgan fingerprint density at radius 3 is 2.64 bits per heavy atom. The monoisotopic (exact) mass is 377 g/mol. The van der Waals surface area contributed by atoms with Crippen molar-refractivity contribution in [3.05, 3.63) is 77.9 Å². The van der Waals surface area contributed by atoms with E-state index < -0.39 is 12.1 Å². The Hall–Kier alpha value is -4.00. The number of ether oxygens (including phenoxy) is 3. The zero-order valence-electron chi connectivity index (χ0n) is 14.5. The molecule has 1 aliphatic rings. The van der Waals surface area contributed by atoms with Gasteiger partial charge in [0.05, 0.1) is 5.69 Å². The molecule has 0 radical (unpaired) electrons. The summed E-state index contributed by atoms with van der Waals surface area (Å²) in [7, 11) is 0. The van der Waals surface area contributed by atoms with Crippen molar-refractivity contribution in [2.75, 3.05) is 5.32 Å². The maximum atomic E-state index is 12.4. The van der Waals surface area contributed by atoms with Gasteiger partial charge in [-0.05, 0) is 29.8 Å². The summed E-state index contributed by atoms with van der Waals surface area (Å²) in [6.07, 6.45) is -0.870. The molecule has 7 nitrogen and oxygen atoms in total. The third-order valence-corrected chi connectivity index (χ3v) is 4.05. The number of carbonyl (C=O) groups is 2. The van der Waals surface area contributed by atoms with E-state index in [0.29, 0.717) is 11.4 Å². The molecule has 1 amide bonds. The fourth-order valence-corrected chi connectivity index (χ4v) is 2.74. The van der Waals surface area contributed by atoms with E-state index in [0.717, 1.165) is 5.56 Å². The van der Waals surface area contributed by atoms with Crippen molar-refractivity contribution < 1.29 is 28.9 Å². The first-order valence-corrected chi connectivity index (χ1v) is 8.44. The highest BCUT2D eigenvalue weighted by Gasteiger charge is 2.24. The molecule has 0 bridgehead atoms. The Balaban J connectivity index is 1.48. The molecule has 1 heterocycles. The Bertz CT molecular complexity index is 1050. The van der Waals surface area contributed by atoms with E-state index in [9.17, 15) is 14.7 Å². The SMILES string of the molecule is O=C(OCc1ccccc1)Oc1ccc2c(c1)NC(=O)c1c(O)cccc1O2. The molecule has 0 saturated heterocycles. The summed E-state index contributed by atoms with van der Waals surface area (Å²) in [6, 6.07) is 18.3. The topological polar surface area (TPSA) is 94.1 Å². The van der Waals surface area contributed by atoms with Gasteiger partial charge in [0.15, 0.2) is 5.75 Å². The lowest BCUT2D eigenvalue weighted by atomic mass is 10.1. The molecule has 2 N–H and O–H groups in total. The van der Waals surface area contributed by atoms with Gasteiger partial charge in [-0.1, -0.05) is 36.4 Å². The highest BCUT2D eigenvalue weighted by molar-refractivity contribution is 6.09. The van der Waals surface area contributed by atoms with Gasteiger partial charge in [-0.25, -0.2) is 4.79 Å². The summed E-state index contributed by atoms with van der Waals surface area (Å²) in [4.78, 5) is 24.3. The normalized spacial score (nSPS) is 11.9. The molecule has 140 valence electrons. The second-order valence-corrected chi connectivity index (χ2v) is 5.99. The van der Waals surface area contributed by atoms with Crippen LogP contribution in [0.25, 0.3) is 0 Å². The fourth-order valence-electron chi connectivity index (χ4n) is 2.74. The second kappa shape index (κ2) is 7.32. The maximum Gasteiger partial charge on any atom is 0.514 e. The molecule has 0 unspecified atom stereocenters. The summed E-state index contributed by atoms with van der Waals surface area (Å²) in [5.41, 5.74) is 1.16. The quantitative estimate of drug-likeness (QED) is 0.517. The highest BCUT2D eigenvalue weighted by atomic mass is 16.7. The lowest BCUT2D eigenvalue weighted by molar-refractivity contribution is 0.0927. The van der Waals surface area contributed by atoms with Crippen molar-refractivity contribution in [1.82, 2.24) is 0 Å². The van der Waals surface area contributed by atoms with E-state index in [4.69, 9.17) is 14.2 Å². The van der Waals surface area contributed by atoms with Crippen molar-refractivity contribution in [3.8, 4) is 23.0 Å². The van der Waals surface area contributed by atoms with E-state index in [2.05, 4.69) is 5.32 Å². The Morgan fingerprint density at radius 1 is 1.00 bits per heavy atom. The lowest BCUT2D eigenvalue weighted by Crippen LogP contribution is -2.12. The van der Waals surface area contributed by atoms with Gasteiger partial charge in [-0.3, -0.25) is 4.79 Å². The predicted molar refractivity (Wildman–Crippen MR) is 99.8 cm³/mol. The van der Waals surface area contributed by atoms with Gasteiger partial charge in [0, 0.05) is 6.07 Å². The molecule has 0 spiro atoms. The van der Waals surface area contributed by atoms with Gasteiger partial charge in [-0.2, -0.15) is 0 Å². The van der Waals surface area contributed by atoms with Crippen molar-refractivity contribution in [2.24, 2.45) is 0 Å². The molecule has 0 aliphatic carbocycles. The number of fused-ring (bicyclic) bond motifs is 2. The summed E-state index contributed by atoms with van der Waals surface area (Å²) in [6.45, 7) is 0.0824. The molecule has 3 aromatic rings. The van der Waals surface area contributed by atoms with Crippen LogP contribution in [-0.4, -0.2) is 17.2 Å². The smallest absolute Gasteiger partial charge is 0.507 e. The third kappa shape index (κ3) is 3.59. The molecule has 0 saturated carbocycles. The molecular weight excluding hydrogens is 362 g/mol. The standard InChI is InChI=1S/C21H15NO6/c23-16-7-4-8-18-19(16)20(24)22-15-11-14(9-10-17(15)28-18)27-21(25)26-12-13-5-2-1-3-6-13/h1-11,23H,12H2,(H,22,24). The lowest BCUT2D eigenvalue weighted by Gasteiger charge is -2.10. The summed E-state index contributed by atoms with van der Waals surface area (Å²) in [5, 5.41) is 12.6. The summed E-state index contributed by atoms with van der Waals surface area (Å²) < 4.78 is 15.9. The first kappa shape index (κ1) is 17.4. The average Bonchev–Trinajstić information content (AvgIpc) is 2.83. The number of hydrogen-bond acceptors (Lipinski definition) is 6. The summed E-state index contributed by atoms with van der Waals surface area (Å²) >= 11 is 0. The minimum absolute atomic E-state index is 0.0310. The van der Waals surface area contributed by atoms with Gasteiger partial charge in [0.1, 0.15) is 29.4 Å². The Morgan fingerprint density at radius 2 is 1.82 bits per heavy atom.